The maximum absolute atomic E-state index is 12.8. The van der Waals surface area contributed by atoms with Crippen molar-refractivity contribution < 1.29 is 0 Å². The average Bonchev–Trinajstić information content (AvgIpc) is 3.02. The van der Waals surface area contributed by atoms with E-state index in [0.717, 1.165) is 41.7 Å². The maximum Gasteiger partial charge on any atom is 0.261 e. The van der Waals surface area contributed by atoms with E-state index in [-0.39, 0.29) is 5.56 Å². The van der Waals surface area contributed by atoms with Gasteiger partial charge in [0, 0.05) is 16.6 Å². The Morgan fingerprint density at radius 3 is 3.00 bits per heavy atom. The molecule has 0 saturated heterocycles. The first-order valence-corrected chi connectivity index (χ1v) is 8.37. The standard InChI is InChI=1S/C18H16N2OS/c1-12-7-8-16-19-17-13(10-14-5-3-9-22-14)4-2-6-15(17)18(21)20(16)11-12/h3,5,7-11H,2,4,6H2,1H3. The molecule has 3 aromatic heterocycles. The van der Waals surface area contributed by atoms with E-state index in [4.69, 9.17) is 4.98 Å². The van der Waals surface area contributed by atoms with Crippen LogP contribution < -0.4 is 5.56 Å². The molecule has 0 fully saturated rings. The lowest BCUT2D eigenvalue weighted by molar-refractivity contribution is 0.787. The van der Waals surface area contributed by atoms with Gasteiger partial charge in [-0.25, -0.2) is 4.98 Å². The summed E-state index contributed by atoms with van der Waals surface area (Å²) in [5.74, 6) is 0. The zero-order chi connectivity index (χ0) is 15.1. The highest BCUT2D eigenvalue weighted by Crippen LogP contribution is 2.30. The van der Waals surface area contributed by atoms with Crippen LogP contribution in [-0.2, 0) is 6.42 Å². The molecule has 0 spiro atoms. The Hall–Kier alpha value is -2.20. The summed E-state index contributed by atoms with van der Waals surface area (Å²) in [5, 5.41) is 2.07. The van der Waals surface area contributed by atoms with Crippen molar-refractivity contribution in [1.82, 2.24) is 9.38 Å². The monoisotopic (exact) mass is 308 g/mol. The lowest BCUT2D eigenvalue weighted by atomic mass is 9.91. The Kier molecular flexibility index (Phi) is 3.19. The number of rotatable bonds is 1. The number of thiophene rings is 1. The highest BCUT2D eigenvalue weighted by molar-refractivity contribution is 7.10. The maximum atomic E-state index is 12.8. The van der Waals surface area contributed by atoms with Crippen LogP contribution in [0.25, 0.3) is 17.3 Å². The highest BCUT2D eigenvalue weighted by atomic mass is 32.1. The van der Waals surface area contributed by atoms with Crippen LogP contribution in [0.3, 0.4) is 0 Å². The van der Waals surface area contributed by atoms with Crippen LogP contribution in [0.2, 0.25) is 0 Å². The fourth-order valence-corrected chi connectivity index (χ4v) is 3.71. The van der Waals surface area contributed by atoms with E-state index in [0.29, 0.717) is 0 Å². The minimum absolute atomic E-state index is 0.0838. The van der Waals surface area contributed by atoms with Crippen LogP contribution in [0.4, 0.5) is 0 Å². The zero-order valence-electron chi connectivity index (χ0n) is 12.4. The first kappa shape index (κ1) is 13.5. The van der Waals surface area contributed by atoms with Gasteiger partial charge in [0.2, 0.25) is 0 Å². The summed E-state index contributed by atoms with van der Waals surface area (Å²) in [4.78, 5) is 18.8. The van der Waals surface area contributed by atoms with Gasteiger partial charge in [-0.3, -0.25) is 9.20 Å². The summed E-state index contributed by atoms with van der Waals surface area (Å²) in [6.45, 7) is 1.99. The predicted octanol–water partition coefficient (Wildman–Crippen LogP) is 3.94. The molecule has 0 atom stereocenters. The molecule has 0 radical (unpaired) electrons. The van der Waals surface area contributed by atoms with Crippen LogP contribution in [0, 0.1) is 6.92 Å². The minimum atomic E-state index is 0.0838. The van der Waals surface area contributed by atoms with Crippen molar-refractivity contribution in [3.05, 3.63) is 67.9 Å². The first-order valence-electron chi connectivity index (χ1n) is 7.49. The molecule has 1 aliphatic carbocycles. The first-order chi connectivity index (χ1) is 10.7. The van der Waals surface area contributed by atoms with E-state index in [1.54, 1.807) is 15.7 Å². The Labute approximate surface area is 132 Å². The van der Waals surface area contributed by atoms with Gasteiger partial charge < -0.3 is 0 Å². The summed E-state index contributed by atoms with van der Waals surface area (Å²) < 4.78 is 1.68. The molecule has 0 aromatic carbocycles. The number of pyridine rings is 1. The number of aryl methyl sites for hydroxylation is 1. The fourth-order valence-electron chi connectivity index (χ4n) is 3.03. The summed E-state index contributed by atoms with van der Waals surface area (Å²) >= 11 is 1.71. The second-order valence-corrected chi connectivity index (χ2v) is 6.70. The number of hydrogen-bond acceptors (Lipinski definition) is 3. The van der Waals surface area contributed by atoms with Gasteiger partial charge in [-0.05, 0) is 60.9 Å². The quantitative estimate of drug-likeness (QED) is 0.682. The van der Waals surface area contributed by atoms with E-state index >= 15 is 0 Å². The summed E-state index contributed by atoms with van der Waals surface area (Å²) in [7, 11) is 0. The van der Waals surface area contributed by atoms with Crippen LogP contribution in [0.15, 0.2) is 40.6 Å². The lowest BCUT2D eigenvalue weighted by Crippen LogP contribution is -2.24. The normalized spacial score (nSPS) is 16.1. The molecule has 0 aliphatic heterocycles. The Balaban J connectivity index is 1.97. The smallest absolute Gasteiger partial charge is 0.261 e. The largest absolute Gasteiger partial charge is 0.269 e. The van der Waals surface area contributed by atoms with E-state index in [2.05, 4.69) is 17.5 Å². The van der Waals surface area contributed by atoms with Gasteiger partial charge in [-0.1, -0.05) is 12.1 Å². The molecule has 3 heterocycles. The number of hydrogen-bond donors (Lipinski definition) is 0. The third-order valence-electron chi connectivity index (χ3n) is 4.10. The molecular weight excluding hydrogens is 292 g/mol. The molecule has 4 rings (SSSR count). The highest BCUT2D eigenvalue weighted by Gasteiger charge is 2.20. The zero-order valence-corrected chi connectivity index (χ0v) is 13.2. The third-order valence-corrected chi connectivity index (χ3v) is 4.92. The van der Waals surface area contributed by atoms with Gasteiger partial charge in [-0.15, -0.1) is 11.3 Å². The van der Waals surface area contributed by atoms with Crippen LogP contribution in [-0.4, -0.2) is 9.38 Å². The molecule has 4 heteroatoms. The van der Waals surface area contributed by atoms with Gasteiger partial charge in [0.1, 0.15) is 5.65 Å². The molecule has 3 nitrogen and oxygen atoms in total. The molecule has 0 saturated carbocycles. The predicted molar refractivity (Wildman–Crippen MR) is 91.3 cm³/mol. The minimum Gasteiger partial charge on any atom is -0.269 e. The van der Waals surface area contributed by atoms with E-state index in [1.165, 1.54) is 10.5 Å². The van der Waals surface area contributed by atoms with Gasteiger partial charge in [0.05, 0.1) is 5.69 Å². The van der Waals surface area contributed by atoms with Crippen molar-refractivity contribution in [2.75, 3.05) is 0 Å². The molecular formula is C18H16N2OS. The molecule has 3 aromatic rings. The molecule has 0 amide bonds. The van der Waals surface area contributed by atoms with Crippen LogP contribution >= 0.6 is 11.3 Å². The summed E-state index contributed by atoms with van der Waals surface area (Å²) in [5.41, 5.74) is 4.82. The number of nitrogens with zero attached hydrogens (tertiary/aromatic N) is 2. The fraction of sp³-hybridized carbons (Fsp3) is 0.222. The van der Waals surface area contributed by atoms with Gasteiger partial charge in [0.25, 0.3) is 5.56 Å². The third kappa shape index (κ3) is 2.20. The van der Waals surface area contributed by atoms with Crippen molar-refractivity contribution in [2.45, 2.75) is 26.2 Å². The molecule has 22 heavy (non-hydrogen) atoms. The molecule has 0 unspecified atom stereocenters. The number of fused-ring (bicyclic) bond motifs is 2. The Morgan fingerprint density at radius 1 is 1.27 bits per heavy atom. The molecule has 110 valence electrons. The van der Waals surface area contributed by atoms with Crippen molar-refractivity contribution in [2.24, 2.45) is 0 Å². The molecule has 1 aliphatic rings. The van der Waals surface area contributed by atoms with Crippen molar-refractivity contribution in [1.29, 1.82) is 0 Å². The van der Waals surface area contributed by atoms with Crippen LogP contribution in [0.1, 0.15) is 34.5 Å². The van der Waals surface area contributed by atoms with Crippen molar-refractivity contribution in [3.63, 3.8) is 0 Å². The van der Waals surface area contributed by atoms with Gasteiger partial charge >= 0.3 is 0 Å². The second-order valence-electron chi connectivity index (χ2n) is 5.72. The van der Waals surface area contributed by atoms with Gasteiger partial charge in [0.15, 0.2) is 0 Å². The Morgan fingerprint density at radius 2 is 2.18 bits per heavy atom. The topological polar surface area (TPSA) is 34.4 Å². The van der Waals surface area contributed by atoms with E-state index < -0.39 is 0 Å². The molecule has 0 N–H and O–H groups in total. The SMILES string of the molecule is Cc1ccc2nc3c(c(=O)n2c1)CCCC3=Cc1cccs1. The van der Waals surface area contributed by atoms with Crippen molar-refractivity contribution >= 4 is 28.6 Å². The number of allylic oxidation sites excluding steroid dienone is 1. The van der Waals surface area contributed by atoms with E-state index in [1.807, 2.05) is 31.3 Å². The van der Waals surface area contributed by atoms with Crippen LogP contribution in [0.5, 0.6) is 0 Å². The average molecular weight is 308 g/mol. The summed E-state index contributed by atoms with van der Waals surface area (Å²) in [6.07, 6.45) is 6.88. The summed E-state index contributed by atoms with van der Waals surface area (Å²) in [6, 6.07) is 8.07. The van der Waals surface area contributed by atoms with Gasteiger partial charge in [-0.2, -0.15) is 0 Å². The lowest BCUT2D eigenvalue weighted by Gasteiger charge is -2.18. The van der Waals surface area contributed by atoms with Crippen molar-refractivity contribution in [3.8, 4) is 0 Å². The second kappa shape index (κ2) is 5.21. The number of aromatic nitrogens is 2. The van der Waals surface area contributed by atoms with E-state index in [9.17, 15) is 4.79 Å². The Bertz CT molecular complexity index is 936. The molecule has 0 bridgehead atoms.